The molecule has 0 spiro atoms. The van der Waals surface area contributed by atoms with Gasteiger partial charge in [-0.1, -0.05) is 11.8 Å². The molecule has 2 heterocycles. The van der Waals surface area contributed by atoms with E-state index >= 15 is 0 Å². The molecule has 23 heavy (non-hydrogen) atoms. The van der Waals surface area contributed by atoms with E-state index in [0.29, 0.717) is 16.3 Å². The molecule has 1 aliphatic rings. The average Bonchev–Trinajstić information content (AvgIpc) is 3.02. The Kier molecular flexibility index (Phi) is 4.58. The number of pyridine rings is 2. The van der Waals surface area contributed by atoms with Crippen molar-refractivity contribution >= 4 is 23.4 Å². The lowest BCUT2D eigenvalue weighted by Gasteiger charge is -2.13. The molecule has 6 heteroatoms. The molecule has 0 aliphatic heterocycles. The SMILES string of the molecule is CC(Sc1nc2c(cc1C#N)CCC2)C(=O)Nc1cccnc1. The van der Waals surface area contributed by atoms with Crippen molar-refractivity contribution in [3.8, 4) is 6.07 Å². The van der Waals surface area contributed by atoms with E-state index in [-0.39, 0.29) is 11.2 Å². The lowest BCUT2D eigenvalue weighted by molar-refractivity contribution is -0.115. The summed E-state index contributed by atoms with van der Waals surface area (Å²) in [7, 11) is 0. The fourth-order valence-electron chi connectivity index (χ4n) is 2.52. The number of nitrogens with zero attached hydrogens (tertiary/aromatic N) is 3. The first-order valence-corrected chi connectivity index (χ1v) is 8.36. The van der Waals surface area contributed by atoms with Crippen LogP contribution in [0, 0.1) is 11.3 Å². The van der Waals surface area contributed by atoms with Crippen LogP contribution in [0.25, 0.3) is 0 Å². The quantitative estimate of drug-likeness (QED) is 0.875. The number of fused-ring (bicyclic) bond motifs is 1. The maximum absolute atomic E-state index is 12.3. The van der Waals surface area contributed by atoms with E-state index < -0.39 is 0 Å². The molecule has 1 unspecified atom stereocenters. The van der Waals surface area contributed by atoms with Gasteiger partial charge in [-0.25, -0.2) is 4.98 Å². The maximum Gasteiger partial charge on any atom is 0.237 e. The van der Waals surface area contributed by atoms with E-state index in [1.54, 1.807) is 24.5 Å². The molecular formula is C17H16N4OS. The zero-order valence-electron chi connectivity index (χ0n) is 12.7. The van der Waals surface area contributed by atoms with Gasteiger partial charge in [-0.3, -0.25) is 9.78 Å². The number of hydrogen-bond donors (Lipinski definition) is 1. The Balaban J connectivity index is 1.74. The average molecular weight is 324 g/mol. The number of carbonyl (C=O) groups excluding carboxylic acids is 1. The first-order valence-electron chi connectivity index (χ1n) is 7.48. The fraction of sp³-hybridized carbons (Fsp3) is 0.294. The minimum absolute atomic E-state index is 0.130. The molecule has 2 aromatic rings. The van der Waals surface area contributed by atoms with Gasteiger partial charge in [0, 0.05) is 11.9 Å². The number of hydrogen-bond acceptors (Lipinski definition) is 5. The van der Waals surface area contributed by atoms with Crippen molar-refractivity contribution in [3.05, 3.63) is 47.4 Å². The predicted octanol–water partition coefficient (Wildman–Crippen LogP) is 2.96. The predicted molar refractivity (Wildman–Crippen MR) is 89.2 cm³/mol. The van der Waals surface area contributed by atoms with Crippen molar-refractivity contribution in [1.29, 1.82) is 5.26 Å². The van der Waals surface area contributed by atoms with Crippen molar-refractivity contribution in [2.75, 3.05) is 5.32 Å². The van der Waals surface area contributed by atoms with E-state index in [9.17, 15) is 10.1 Å². The van der Waals surface area contributed by atoms with Gasteiger partial charge < -0.3 is 5.32 Å². The van der Waals surface area contributed by atoms with E-state index in [0.717, 1.165) is 25.0 Å². The molecule has 5 nitrogen and oxygen atoms in total. The number of rotatable bonds is 4. The molecule has 2 aromatic heterocycles. The third-order valence-corrected chi connectivity index (χ3v) is 4.83. The Morgan fingerprint density at radius 2 is 2.35 bits per heavy atom. The number of anilines is 1. The van der Waals surface area contributed by atoms with Crippen LogP contribution in [-0.2, 0) is 17.6 Å². The molecule has 0 saturated carbocycles. The summed E-state index contributed by atoms with van der Waals surface area (Å²) in [6, 6.07) is 7.67. The molecule has 1 amide bonds. The van der Waals surface area contributed by atoms with E-state index in [1.807, 2.05) is 13.0 Å². The summed E-state index contributed by atoms with van der Waals surface area (Å²) < 4.78 is 0. The Hall–Kier alpha value is -2.39. The molecule has 0 aromatic carbocycles. The second kappa shape index (κ2) is 6.80. The summed E-state index contributed by atoms with van der Waals surface area (Å²) in [6.07, 6.45) is 6.27. The van der Waals surface area contributed by atoms with Gasteiger partial charge in [0.15, 0.2) is 0 Å². The van der Waals surface area contributed by atoms with E-state index in [1.165, 1.54) is 17.3 Å². The van der Waals surface area contributed by atoms with Gasteiger partial charge in [0.2, 0.25) is 5.91 Å². The number of amides is 1. The number of aryl methyl sites for hydroxylation is 2. The van der Waals surface area contributed by atoms with E-state index in [2.05, 4.69) is 21.4 Å². The smallest absolute Gasteiger partial charge is 0.237 e. The van der Waals surface area contributed by atoms with Crippen molar-refractivity contribution in [2.45, 2.75) is 36.5 Å². The van der Waals surface area contributed by atoms with Gasteiger partial charge in [-0.2, -0.15) is 5.26 Å². The van der Waals surface area contributed by atoms with Crippen LogP contribution in [0.15, 0.2) is 35.6 Å². The zero-order chi connectivity index (χ0) is 16.2. The Bertz CT molecular complexity index is 770. The van der Waals surface area contributed by atoms with Crippen LogP contribution in [-0.4, -0.2) is 21.1 Å². The largest absolute Gasteiger partial charge is 0.324 e. The molecule has 116 valence electrons. The third kappa shape index (κ3) is 3.51. The summed E-state index contributed by atoms with van der Waals surface area (Å²) in [5.41, 5.74) is 3.44. The number of carbonyl (C=O) groups is 1. The van der Waals surface area contributed by atoms with Crippen molar-refractivity contribution < 1.29 is 4.79 Å². The summed E-state index contributed by atoms with van der Waals surface area (Å²) in [6.45, 7) is 1.81. The van der Waals surface area contributed by atoms with Crippen molar-refractivity contribution in [3.63, 3.8) is 0 Å². The topological polar surface area (TPSA) is 78.7 Å². The fourth-order valence-corrected chi connectivity index (χ4v) is 3.42. The first kappa shape index (κ1) is 15.5. The third-order valence-electron chi connectivity index (χ3n) is 3.72. The highest BCUT2D eigenvalue weighted by Gasteiger charge is 2.21. The second-order valence-electron chi connectivity index (χ2n) is 5.40. The summed E-state index contributed by atoms with van der Waals surface area (Å²) in [5, 5.41) is 12.4. The van der Waals surface area contributed by atoms with Gasteiger partial charge in [-0.05, 0) is 49.9 Å². The monoisotopic (exact) mass is 324 g/mol. The molecule has 1 N–H and O–H groups in total. The number of nitrogens with one attached hydrogen (secondary N) is 1. The number of aromatic nitrogens is 2. The second-order valence-corrected chi connectivity index (χ2v) is 6.73. The molecule has 0 saturated heterocycles. The molecule has 0 fully saturated rings. The number of nitriles is 1. The molecule has 0 radical (unpaired) electrons. The highest BCUT2D eigenvalue weighted by molar-refractivity contribution is 8.00. The van der Waals surface area contributed by atoms with Crippen LogP contribution < -0.4 is 5.32 Å². The highest BCUT2D eigenvalue weighted by Crippen LogP contribution is 2.30. The van der Waals surface area contributed by atoms with Crippen LogP contribution in [0.3, 0.4) is 0 Å². The van der Waals surface area contributed by atoms with Crippen molar-refractivity contribution in [2.24, 2.45) is 0 Å². The van der Waals surface area contributed by atoms with Crippen LogP contribution in [0.4, 0.5) is 5.69 Å². The molecule has 1 atom stereocenters. The van der Waals surface area contributed by atoms with Gasteiger partial charge in [0.05, 0.1) is 22.7 Å². The minimum atomic E-state index is -0.353. The van der Waals surface area contributed by atoms with Crippen LogP contribution in [0.1, 0.15) is 30.2 Å². The standard InChI is InChI=1S/C17H16N4OS/c1-11(16(22)20-14-5-3-7-19-10-14)23-17-13(9-18)8-12-4-2-6-15(12)21-17/h3,5,7-8,10-11H,2,4,6H2,1H3,(H,20,22). The van der Waals surface area contributed by atoms with Crippen LogP contribution in [0.2, 0.25) is 0 Å². The zero-order valence-corrected chi connectivity index (χ0v) is 13.6. The summed E-state index contributed by atoms with van der Waals surface area (Å²) in [5.74, 6) is -0.130. The van der Waals surface area contributed by atoms with Gasteiger partial charge in [-0.15, -0.1) is 0 Å². The molecule has 0 bridgehead atoms. The van der Waals surface area contributed by atoms with E-state index in [4.69, 9.17) is 0 Å². The van der Waals surface area contributed by atoms with Gasteiger partial charge in [0.1, 0.15) is 11.1 Å². The Morgan fingerprint density at radius 1 is 1.48 bits per heavy atom. The summed E-state index contributed by atoms with van der Waals surface area (Å²) >= 11 is 1.32. The first-order chi connectivity index (χ1) is 11.2. The lowest BCUT2D eigenvalue weighted by Crippen LogP contribution is -2.22. The summed E-state index contributed by atoms with van der Waals surface area (Å²) in [4.78, 5) is 20.9. The molecule has 1 aliphatic carbocycles. The minimum Gasteiger partial charge on any atom is -0.324 e. The number of thioether (sulfide) groups is 1. The highest BCUT2D eigenvalue weighted by atomic mass is 32.2. The molecule has 3 rings (SSSR count). The maximum atomic E-state index is 12.3. The van der Waals surface area contributed by atoms with Gasteiger partial charge >= 0.3 is 0 Å². The van der Waals surface area contributed by atoms with Crippen molar-refractivity contribution in [1.82, 2.24) is 9.97 Å². The van der Waals surface area contributed by atoms with Crippen LogP contribution in [0.5, 0.6) is 0 Å². The van der Waals surface area contributed by atoms with Crippen LogP contribution >= 0.6 is 11.8 Å². The Labute approximate surface area is 139 Å². The normalized spacial score (nSPS) is 13.9. The molecular weight excluding hydrogens is 308 g/mol. The Morgan fingerprint density at radius 3 is 3.09 bits per heavy atom. The lowest BCUT2D eigenvalue weighted by atomic mass is 10.2. The van der Waals surface area contributed by atoms with Gasteiger partial charge in [0.25, 0.3) is 0 Å².